The van der Waals surface area contributed by atoms with Crippen LogP contribution in [0, 0.1) is 10.1 Å². The summed E-state index contributed by atoms with van der Waals surface area (Å²) in [7, 11) is 0. The normalized spacial score (nSPS) is 9.18. The zero-order valence-electron chi connectivity index (χ0n) is 5.36. The summed E-state index contributed by atoms with van der Waals surface area (Å²) in [5.74, 6) is 0.0548. The topological polar surface area (TPSA) is 52.4 Å². The van der Waals surface area contributed by atoms with Gasteiger partial charge < -0.3 is 4.29 Å². The van der Waals surface area contributed by atoms with Crippen LogP contribution in [0.3, 0.4) is 0 Å². The Kier molecular flexibility index (Phi) is 2.28. The Balaban J connectivity index is 3.12. The Morgan fingerprint density at radius 2 is 2.09 bits per heavy atom. The van der Waals surface area contributed by atoms with Gasteiger partial charge in [-0.15, -0.1) is 0 Å². The molecule has 0 saturated carbocycles. The van der Waals surface area contributed by atoms with E-state index in [2.05, 4.69) is 4.29 Å². The molecule has 0 fully saturated rings. The van der Waals surface area contributed by atoms with Crippen LogP contribution in [0.25, 0.3) is 0 Å². The predicted octanol–water partition coefficient (Wildman–Crippen LogP) is 2.13. The molecule has 0 aliphatic rings. The van der Waals surface area contributed by atoms with E-state index in [9.17, 15) is 10.1 Å². The fraction of sp³-hybridized carbons (Fsp3) is 0. The average Bonchev–Trinajstić information content (AvgIpc) is 2.04. The van der Waals surface area contributed by atoms with Crippen LogP contribution in [-0.2, 0) is 0 Å². The van der Waals surface area contributed by atoms with Crippen molar-refractivity contribution in [3.63, 3.8) is 0 Å². The number of rotatable bonds is 2. The number of nitrogens with zero attached hydrogens (tertiary/aromatic N) is 1. The van der Waals surface area contributed by atoms with E-state index in [1.54, 1.807) is 6.07 Å². The highest BCUT2D eigenvalue weighted by molar-refractivity contribution is 6.09. The van der Waals surface area contributed by atoms with Gasteiger partial charge in [-0.1, -0.05) is 12.1 Å². The first-order valence-corrected chi connectivity index (χ1v) is 3.08. The molecule has 1 aromatic rings. The second-order valence-electron chi connectivity index (χ2n) is 1.80. The zero-order valence-corrected chi connectivity index (χ0v) is 6.12. The van der Waals surface area contributed by atoms with Crippen LogP contribution >= 0.6 is 11.9 Å². The monoisotopic (exact) mass is 173 g/mol. The van der Waals surface area contributed by atoms with Crippen molar-refractivity contribution in [1.82, 2.24) is 0 Å². The first kappa shape index (κ1) is 7.81. The maximum atomic E-state index is 10.2. The molecule has 0 spiro atoms. The van der Waals surface area contributed by atoms with Gasteiger partial charge in [-0.3, -0.25) is 10.1 Å². The molecule has 11 heavy (non-hydrogen) atoms. The van der Waals surface area contributed by atoms with E-state index in [4.69, 9.17) is 11.9 Å². The molecule has 0 heterocycles. The standard InChI is InChI=1S/C6H4ClNO3/c7-11-6-4-2-1-3-5(6)8(9)10/h1-4H. The smallest absolute Gasteiger partial charge is 0.313 e. The first-order chi connectivity index (χ1) is 5.25. The van der Waals surface area contributed by atoms with E-state index in [0.29, 0.717) is 0 Å². The number of hydrogen-bond donors (Lipinski definition) is 0. The van der Waals surface area contributed by atoms with E-state index in [1.165, 1.54) is 18.2 Å². The minimum atomic E-state index is -0.558. The SMILES string of the molecule is O=[N+]([O-])c1ccccc1OCl. The van der Waals surface area contributed by atoms with Crippen LogP contribution in [0.4, 0.5) is 5.69 Å². The molecule has 0 atom stereocenters. The Labute approximate surface area is 67.7 Å². The first-order valence-electron chi connectivity index (χ1n) is 2.77. The van der Waals surface area contributed by atoms with Gasteiger partial charge in [0.05, 0.1) is 4.92 Å². The van der Waals surface area contributed by atoms with Crippen LogP contribution in [-0.4, -0.2) is 4.92 Å². The third kappa shape index (κ3) is 1.59. The van der Waals surface area contributed by atoms with Crippen LogP contribution in [0.15, 0.2) is 24.3 Å². The zero-order chi connectivity index (χ0) is 8.27. The molecule has 58 valence electrons. The Hall–Kier alpha value is -1.29. The highest BCUT2D eigenvalue weighted by atomic mass is 35.5. The number of nitro groups is 1. The van der Waals surface area contributed by atoms with Gasteiger partial charge in [0.25, 0.3) is 0 Å². The third-order valence-electron chi connectivity index (χ3n) is 1.15. The molecule has 0 aliphatic heterocycles. The van der Waals surface area contributed by atoms with Gasteiger partial charge in [0.15, 0.2) is 0 Å². The van der Waals surface area contributed by atoms with Crippen molar-refractivity contribution in [3.05, 3.63) is 34.4 Å². The lowest BCUT2D eigenvalue weighted by molar-refractivity contribution is -0.385. The van der Waals surface area contributed by atoms with Gasteiger partial charge in [0, 0.05) is 6.07 Å². The lowest BCUT2D eigenvalue weighted by Gasteiger charge is -1.95. The van der Waals surface area contributed by atoms with E-state index >= 15 is 0 Å². The number of para-hydroxylation sites is 2. The third-order valence-corrected chi connectivity index (χ3v) is 1.31. The van der Waals surface area contributed by atoms with E-state index in [1.807, 2.05) is 0 Å². The molecular weight excluding hydrogens is 170 g/mol. The van der Waals surface area contributed by atoms with Crippen molar-refractivity contribution in [3.8, 4) is 5.75 Å². The summed E-state index contributed by atoms with van der Waals surface area (Å²) in [5, 5.41) is 10.2. The van der Waals surface area contributed by atoms with Gasteiger partial charge in [0.2, 0.25) is 5.75 Å². The van der Waals surface area contributed by atoms with Gasteiger partial charge in [-0.25, -0.2) is 0 Å². The molecule has 0 radical (unpaired) electrons. The molecule has 0 saturated heterocycles. The highest BCUT2D eigenvalue weighted by Crippen LogP contribution is 2.26. The Bertz CT molecular complexity index is 276. The van der Waals surface area contributed by atoms with Gasteiger partial charge in [0.1, 0.15) is 11.9 Å². The number of hydrogen-bond acceptors (Lipinski definition) is 3. The van der Waals surface area contributed by atoms with Crippen molar-refractivity contribution in [2.24, 2.45) is 0 Å². The van der Waals surface area contributed by atoms with Crippen molar-refractivity contribution < 1.29 is 9.21 Å². The number of halogens is 1. The second kappa shape index (κ2) is 3.21. The predicted molar refractivity (Wildman–Crippen MR) is 39.6 cm³/mol. The minimum absolute atomic E-state index is 0.0548. The van der Waals surface area contributed by atoms with E-state index < -0.39 is 4.92 Å². The summed E-state index contributed by atoms with van der Waals surface area (Å²) >= 11 is 4.97. The molecular formula is C6H4ClNO3. The molecule has 0 N–H and O–H groups in total. The summed E-state index contributed by atoms with van der Waals surface area (Å²) in [5.41, 5.74) is -0.137. The second-order valence-corrected chi connectivity index (χ2v) is 1.96. The van der Waals surface area contributed by atoms with Crippen LogP contribution in [0.1, 0.15) is 0 Å². The molecule has 0 amide bonds. The molecule has 0 unspecified atom stereocenters. The average molecular weight is 174 g/mol. The summed E-state index contributed by atoms with van der Waals surface area (Å²) < 4.78 is 4.24. The van der Waals surface area contributed by atoms with Crippen LogP contribution < -0.4 is 4.29 Å². The van der Waals surface area contributed by atoms with Crippen LogP contribution in [0.5, 0.6) is 5.75 Å². The van der Waals surface area contributed by atoms with Gasteiger partial charge in [-0.05, 0) is 6.07 Å². The minimum Gasteiger partial charge on any atom is -0.378 e. The maximum Gasteiger partial charge on any atom is 0.313 e. The maximum absolute atomic E-state index is 10.2. The van der Waals surface area contributed by atoms with Crippen molar-refractivity contribution in [2.75, 3.05) is 0 Å². The van der Waals surface area contributed by atoms with E-state index in [-0.39, 0.29) is 11.4 Å². The van der Waals surface area contributed by atoms with Crippen molar-refractivity contribution in [1.29, 1.82) is 0 Å². The highest BCUT2D eigenvalue weighted by Gasteiger charge is 2.12. The molecule has 0 bridgehead atoms. The van der Waals surface area contributed by atoms with Gasteiger partial charge >= 0.3 is 5.69 Å². The van der Waals surface area contributed by atoms with E-state index in [0.717, 1.165) is 0 Å². The molecule has 5 heteroatoms. The summed E-state index contributed by atoms with van der Waals surface area (Å²) in [4.78, 5) is 9.69. The van der Waals surface area contributed by atoms with Crippen molar-refractivity contribution >= 4 is 17.6 Å². The molecule has 0 aliphatic carbocycles. The summed E-state index contributed by atoms with van der Waals surface area (Å²) in [6.45, 7) is 0. The fourth-order valence-corrected chi connectivity index (χ4v) is 0.804. The molecule has 1 rings (SSSR count). The largest absolute Gasteiger partial charge is 0.378 e. The quantitative estimate of drug-likeness (QED) is 0.509. The molecule has 1 aromatic carbocycles. The van der Waals surface area contributed by atoms with Crippen molar-refractivity contribution in [2.45, 2.75) is 0 Å². The lowest BCUT2D eigenvalue weighted by Crippen LogP contribution is -1.89. The number of nitro benzene ring substituents is 1. The Morgan fingerprint density at radius 3 is 2.55 bits per heavy atom. The summed E-state index contributed by atoms with van der Waals surface area (Å²) in [6, 6.07) is 5.88. The van der Waals surface area contributed by atoms with Gasteiger partial charge in [-0.2, -0.15) is 0 Å². The summed E-state index contributed by atoms with van der Waals surface area (Å²) in [6.07, 6.45) is 0. The lowest BCUT2D eigenvalue weighted by atomic mass is 10.3. The number of benzene rings is 1. The van der Waals surface area contributed by atoms with Crippen LogP contribution in [0.2, 0.25) is 0 Å². The Morgan fingerprint density at radius 1 is 1.45 bits per heavy atom. The molecule has 4 nitrogen and oxygen atoms in total. The molecule has 0 aromatic heterocycles. The fourth-order valence-electron chi connectivity index (χ4n) is 0.673.